The summed E-state index contributed by atoms with van der Waals surface area (Å²) in [5, 5.41) is 1.03. The van der Waals surface area contributed by atoms with Crippen LogP contribution < -0.4 is 9.47 Å². The highest BCUT2D eigenvalue weighted by Gasteiger charge is 2.23. The number of Topliss-reactive ketones (excluding diaryl/α,β-unsaturated/α-hetero) is 1. The molecule has 3 aromatic rings. The Kier molecular flexibility index (Phi) is 4.97. The van der Waals surface area contributed by atoms with Crippen LogP contribution in [0.15, 0.2) is 36.4 Å². The molecule has 1 fully saturated rings. The Balaban J connectivity index is 1.19. The molecule has 1 saturated heterocycles. The van der Waals surface area contributed by atoms with E-state index in [-0.39, 0.29) is 5.78 Å². The van der Waals surface area contributed by atoms with E-state index in [0.717, 1.165) is 66.4 Å². The van der Waals surface area contributed by atoms with Crippen LogP contribution in [0, 0.1) is 13.8 Å². The molecule has 6 heteroatoms. The first kappa shape index (κ1) is 19.2. The fraction of sp³-hybridized carbons (Fsp3) is 0.375. The minimum absolute atomic E-state index is 0.201. The second kappa shape index (κ2) is 7.78. The Bertz CT molecular complexity index is 1100. The fourth-order valence-corrected chi connectivity index (χ4v) is 4.49. The Hall–Kier alpha value is -2.83. The molecule has 6 nitrogen and oxygen atoms in total. The number of fused-ring (bicyclic) bond motifs is 2. The first-order valence-electron chi connectivity index (χ1n) is 10.5. The van der Waals surface area contributed by atoms with Crippen molar-refractivity contribution in [3.63, 3.8) is 0 Å². The Labute approximate surface area is 176 Å². The van der Waals surface area contributed by atoms with Gasteiger partial charge in [-0.1, -0.05) is 18.2 Å². The number of ketones is 1. The predicted octanol–water partition coefficient (Wildman–Crippen LogP) is 3.51. The summed E-state index contributed by atoms with van der Waals surface area (Å²) in [5.41, 5.74) is 5.27. The molecular weight excluding hydrogens is 378 g/mol. The molecule has 2 aromatic carbocycles. The van der Waals surface area contributed by atoms with Crippen molar-refractivity contribution in [3.05, 3.63) is 58.8 Å². The molecule has 2 aliphatic heterocycles. The highest BCUT2D eigenvalue weighted by Crippen LogP contribution is 2.33. The summed E-state index contributed by atoms with van der Waals surface area (Å²) in [5.74, 6) is 1.86. The zero-order valence-electron chi connectivity index (χ0n) is 17.5. The zero-order chi connectivity index (χ0) is 20.7. The van der Waals surface area contributed by atoms with Gasteiger partial charge in [0.15, 0.2) is 17.3 Å². The van der Waals surface area contributed by atoms with Gasteiger partial charge in [0.2, 0.25) is 6.79 Å². The monoisotopic (exact) mass is 405 g/mol. The van der Waals surface area contributed by atoms with Gasteiger partial charge in [0, 0.05) is 54.9 Å². The third-order valence-electron chi connectivity index (χ3n) is 6.10. The number of nitrogens with zero attached hydrogens (tertiary/aromatic N) is 2. The molecule has 2 aliphatic rings. The summed E-state index contributed by atoms with van der Waals surface area (Å²) in [7, 11) is 0. The molecule has 30 heavy (non-hydrogen) atoms. The SMILES string of the molecule is Cc1ccc2c(C(=O)CN3CCN(Cc4ccc5c(c4)OCO5)CC3)c(C)[nH]c2c1. The largest absolute Gasteiger partial charge is 0.454 e. The molecule has 1 aromatic heterocycles. The van der Waals surface area contributed by atoms with Gasteiger partial charge in [0.1, 0.15) is 0 Å². The molecular formula is C24H27N3O3. The minimum Gasteiger partial charge on any atom is -0.454 e. The fourth-order valence-electron chi connectivity index (χ4n) is 4.49. The van der Waals surface area contributed by atoms with Crippen molar-refractivity contribution in [2.45, 2.75) is 20.4 Å². The maximum atomic E-state index is 13.1. The van der Waals surface area contributed by atoms with Crippen molar-refractivity contribution in [2.24, 2.45) is 0 Å². The van der Waals surface area contributed by atoms with E-state index < -0.39 is 0 Å². The molecule has 0 aliphatic carbocycles. The van der Waals surface area contributed by atoms with Gasteiger partial charge in [0.25, 0.3) is 0 Å². The summed E-state index contributed by atoms with van der Waals surface area (Å²) in [4.78, 5) is 21.1. The van der Waals surface area contributed by atoms with Crippen molar-refractivity contribution in [1.82, 2.24) is 14.8 Å². The molecule has 0 spiro atoms. The van der Waals surface area contributed by atoms with Crippen molar-refractivity contribution < 1.29 is 14.3 Å². The Morgan fingerprint density at radius 1 is 0.967 bits per heavy atom. The number of rotatable bonds is 5. The van der Waals surface area contributed by atoms with Gasteiger partial charge >= 0.3 is 0 Å². The lowest BCUT2D eigenvalue weighted by molar-refractivity contribution is 0.0844. The number of H-pyrrole nitrogens is 1. The number of aromatic nitrogens is 1. The van der Waals surface area contributed by atoms with Gasteiger partial charge < -0.3 is 14.5 Å². The van der Waals surface area contributed by atoms with Crippen molar-refractivity contribution in [3.8, 4) is 11.5 Å². The summed E-state index contributed by atoms with van der Waals surface area (Å²) in [6, 6.07) is 12.4. The standard InChI is InChI=1S/C24H27N3O3/c1-16-3-5-19-20(11-16)25-17(2)24(19)21(28)14-27-9-7-26(8-10-27)13-18-4-6-22-23(12-18)30-15-29-22/h3-6,11-12,25H,7-10,13-15H2,1-2H3. The summed E-state index contributed by atoms with van der Waals surface area (Å²) in [6.07, 6.45) is 0. The second-order valence-electron chi connectivity index (χ2n) is 8.34. The molecule has 3 heterocycles. The second-order valence-corrected chi connectivity index (χ2v) is 8.34. The number of hydrogen-bond acceptors (Lipinski definition) is 5. The average molecular weight is 405 g/mol. The average Bonchev–Trinajstić information content (AvgIpc) is 3.32. The van der Waals surface area contributed by atoms with Crippen molar-refractivity contribution in [1.29, 1.82) is 0 Å². The molecule has 0 unspecified atom stereocenters. The van der Waals surface area contributed by atoms with E-state index in [1.54, 1.807) is 0 Å². The van der Waals surface area contributed by atoms with Crippen LogP contribution in [-0.4, -0.2) is 60.1 Å². The minimum atomic E-state index is 0.201. The first-order chi connectivity index (χ1) is 14.6. The highest BCUT2D eigenvalue weighted by atomic mass is 16.7. The number of carbonyl (C=O) groups excluding carboxylic acids is 1. The summed E-state index contributed by atoms with van der Waals surface area (Å²) in [6.45, 7) is 9.43. The number of nitrogens with one attached hydrogen (secondary N) is 1. The van der Waals surface area contributed by atoms with Gasteiger partial charge in [-0.15, -0.1) is 0 Å². The van der Waals surface area contributed by atoms with E-state index in [4.69, 9.17) is 9.47 Å². The lowest BCUT2D eigenvalue weighted by Crippen LogP contribution is -2.47. The van der Waals surface area contributed by atoms with Crippen LogP contribution in [0.1, 0.15) is 27.2 Å². The van der Waals surface area contributed by atoms with Gasteiger partial charge in [-0.3, -0.25) is 14.6 Å². The third kappa shape index (κ3) is 3.68. The van der Waals surface area contributed by atoms with Crippen LogP contribution in [0.4, 0.5) is 0 Å². The van der Waals surface area contributed by atoms with E-state index in [9.17, 15) is 4.79 Å². The molecule has 0 saturated carbocycles. The molecule has 5 rings (SSSR count). The molecule has 156 valence electrons. The number of carbonyl (C=O) groups is 1. The maximum absolute atomic E-state index is 13.1. The van der Waals surface area contributed by atoms with E-state index in [1.807, 2.05) is 13.0 Å². The molecule has 0 radical (unpaired) electrons. The number of aromatic amines is 1. The summed E-state index contributed by atoms with van der Waals surface area (Å²) >= 11 is 0. The lowest BCUT2D eigenvalue weighted by Gasteiger charge is -2.34. The smallest absolute Gasteiger partial charge is 0.231 e. The van der Waals surface area contributed by atoms with E-state index >= 15 is 0 Å². The van der Waals surface area contributed by atoms with Crippen LogP contribution in [0.5, 0.6) is 11.5 Å². The van der Waals surface area contributed by atoms with Crippen LogP contribution in [0.3, 0.4) is 0 Å². The molecule has 1 N–H and O–H groups in total. The van der Waals surface area contributed by atoms with Gasteiger partial charge in [0.05, 0.1) is 6.54 Å². The van der Waals surface area contributed by atoms with Crippen LogP contribution in [0.25, 0.3) is 10.9 Å². The quantitative estimate of drug-likeness (QED) is 0.659. The number of aryl methyl sites for hydroxylation is 2. The first-order valence-corrected chi connectivity index (χ1v) is 10.5. The van der Waals surface area contributed by atoms with Crippen molar-refractivity contribution >= 4 is 16.7 Å². The molecule has 0 amide bonds. The van der Waals surface area contributed by atoms with E-state index in [1.165, 1.54) is 11.1 Å². The van der Waals surface area contributed by atoms with E-state index in [0.29, 0.717) is 13.3 Å². The Morgan fingerprint density at radius 3 is 2.57 bits per heavy atom. The topological polar surface area (TPSA) is 57.8 Å². The predicted molar refractivity (Wildman–Crippen MR) is 116 cm³/mol. The lowest BCUT2D eigenvalue weighted by atomic mass is 10.0. The third-order valence-corrected chi connectivity index (χ3v) is 6.10. The van der Waals surface area contributed by atoms with Crippen LogP contribution in [0.2, 0.25) is 0 Å². The zero-order valence-corrected chi connectivity index (χ0v) is 17.5. The highest BCUT2D eigenvalue weighted by molar-refractivity contribution is 6.10. The number of hydrogen-bond donors (Lipinski definition) is 1. The van der Waals surface area contributed by atoms with Crippen molar-refractivity contribution in [2.75, 3.05) is 39.5 Å². The molecule has 0 atom stereocenters. The summed E-state index contributed by atoms with van der Waals surface area (Å²) < 4.78 is 10.9. The van der Waals surface area contributed by atoms with Gasteiger partial charge in [-0.25, -0.2) is 0 Å². The van der Waals surface area contributed by atoms with Crippen LogP contribution in [-0.2, 0) is 6.54 Å². The number of benzene rings is 2. The van der Waals surface area contributed by atoms with E-state index in [2.05, 4.69) is 52.0 Å². The maximum Gasteiger partial charge on any atom is 0.231 e. The Morgan fingerprint density at radius 2 is 1.73 bits per heavy atom. The van der Waals surface area contributed by atoms with Gasteiger partial charge in [-0.2, -0.15) is 0 Å². The van der Waals surface area contributed by atoms with Gasteiger partial charge in [-0.05, 0) is 43.2 Å². The molecule has 0 bridgehead atoms. The number of piperazine rings is 1. The number of ether oxygens (including phenoxy) is 2. The normalized spacial score (nSPS) is 17.0. The van der Waals surface area contributed by atoms with Crippen LogP contribution >= 0.6 is 0 Å².